The summed E-state index contributed by atoms with van der Waals surface area (Å²) in [7, 11) is 2.82. The molecule has 0 spiro atoms. The van der Waals surface area contributed by atoms with Crippen LogP contribution in [0.1, 0.15) is 15.9 Å². The van der Waals surface area contributed by atoms with Gasteiger partial charge in [-0.15, -0.1) is 6.58 Å². The van der Waals surface area contributed by atoms with Crippen molar-refractivity contribution in [2.24, 2.45) is 5.92 Å². The lowest BCUT2D eigenvalue weighted by molar-refractivity contribution is 0.0537. The molecule has 0 radical (unpaired) electrons. The van der Waals surface area contributed by atoms with Gasteiger partial charge in [-0.25, -0.2) is 15.4 Å². The number of rotatable bonds is 9. The number of hydrogen-bond acceptors (Lipinski definition) is 8. The van der Waals surface area contributed by atoms with Gasteiger partial charge in [-0.2, -0.15) is 0 Å². The Morgan fingerprint density at radius 1 is 1.33 bits per heavy atom. The van der Waals surface area contributed by atoms with Gasteiger partial charge in [-0.3, -0.25) is 9.63 Å². The first-order valence-electron chi connectivity index (χ1n) is 9.17. The molecule has 1 amide bonds. The van der Waals surface area contributed by atoms with Crippen molar-refractivity contribution in [2.45, 2.75) is 12.6 Å². The quantitative estimate of drug-likeness (QED) is 0.458. The number of methoxy groups -OCH3 is 1. The average molecular weight is 435 g/mol. The van der Waals surface area contributed by atoms with Gasteiger partial charge >= 0.3 is 0 Å². The van der Waals surface area contributed by atoms with Crippen LogP contribution in [-0.4, -0.2) is 49.4 Å². The molecule has 2 N–H and O–H groups in total. The lowest BCUT2D eigenvalue weighted by Gasteiger charge is -2.16. The lowest BCUT2D eigenvalue weighted by atomic mass is 10.0. The molecule has 1 aromatic carbocycles. The van der Waals surface area contributed by atoms with E-state index in [4.69, 9.17) is 25.8 Å². The number of carbonyl (C=O) groups is 1. The molecule has 3 rings (SSSR count). The molecular formula is C20H23ClN4O5. The summed E-state index contributed by atoms with van der Waals surface area (Å²) in [5, 5.41) is 3.58. The van der Waals surface area contributed by atoms with Crippen LogP contribution in [0.4, 0.5) is 5.95 Å². The monoisotopic (exact) mass is 434 g/mol. The largest absolute Gasteiger partial charge is 0.495 e. The van der Waals surface area contributed by atoms with Crippen molar-refractivity contribution >= 4 is 23.5 Å². The van der Waals surface area contributed by atoms with E-state index in [1.54, 1.807) is 18.5 Å². The molecule has 1 fully saturated rings. The van der Waals surface area contributed by atoms with Crippen molar-refractivity contribution in [2.75, 3.05) is 32.8 Å². The summed E-state index contributed by atoms with van der Waals surface area (Å²) < 4.78 is 16.4. The van der Waals surface area contributed by atoms with E-state index in [2.05, 4.69) is 32.2 Å². The second kappa shape index (κ2) is 10.2. The van der Waals surface area contributed by atoms with Crippen LogP contribution in [0.5, 0.6) is 11.5 Å². The molecule has 0 bridgehead atoms. The molecule has 160 valence electrons. The van der Waals surface area contributed by atoms with Crippen LogP contribution < -0.4 is 20.3 Å². The second-order valence-corrected chi connectivity index (χ2v) is 6.88. The van der Waals surface area contributed by atoms with E-state index >= 15 is 0 Å². The Kier molecular flexibility index (Phi) is 7.45. The average Bonchev–Trinajstić information content (AvgIpc) is 3.21. The molecule has 0 aliphatic carbocycles. The summed E-state index contributed by atoms with van der Waals surface area (Å²) in [6.45, 7) is 5.12. The third-order valence-electron chi connectivity index (χ3n) is 4.56. The minimum Gasteiger partial charge on any atom is -0.495 e. The Balaban J connectivity index is 1.66. The minimum absolute atomic E-state index is 0.0847. The zero-order valence-electron chi connectivity index (χ0n) is 16.7. The van der Waals surface area contributed by atoms with E-state index < -0.39 is 5.91 Å². The number of nitrogens with zero attached hydrogens (tertiary/aromatic N) is 2. The summed E-state index contributed by atoms with van der Waals surface area (Å²) in [5.74, 6) is 1.06. The van der Waals surface area contributed by atoms with Gasteiger partial charge in [0.05, 0.1) is 50.9 Å². The normalized spacial score (nSPS) is 18.0. The number of nitrogens with one attached hydrogen (secondary N) is 2. The van der Waals surface area contributed by atoms with Crippen LogP contribution in [0, 0.1) is 5.92 Å². The van der Waals surface area contributed by atoms with E-state index in [-0.39, 0.29) is 18.6 Å². The predicted octanol–water partition coefficient (Wildman–Crippen LogP) is 2.62. The van der Waals surface area contributed by atoms with Crippen LogP contribution in [0.15, 0.2) is 37.2 Å². The van der Waals surface area contributed by atoms with Crippen LogP contribution in [-0.2, 0) is 16.2 Å². The topological polar surface area (TPSA) is 104 Å². The number of benzene rings is 1. The molecule has 1 aliphatic rings. The number of aromatic nitrogens is 2. The Morgan fingerprint density at radius 2 is 2.10 bits per heavy atom. The van der Waals surface area contributed by atoms with E-state index in [0.29, 0.717) is 46.8 Å². The maximum Gasteiger partial charge on any atom is 0.274 e. The molecule has 10 heteroatoms. The molecule has 0 saturated carbocycles. The van der Waals surface area contributed by atoms with Gasteiger partial charge in [0.25, 0.3) is 5.91 Å². The van der Waals surface area contributed by atoms with Crippen LogP contribution >= 0.6 is 11.6 Å². The maximum absolute atomic E-state index is 12.1. The number of hydrogen-bond donors (Lipinski definition) is 2. The molecular weight excluding hydrogens is 412 g/mol. The van der Waals surface area contributed by atoms with Gasteiger partial charge in [0.1, 0.15) is 12.4 Å². The first kappa shape index (κ1) is 21.8. The van der Waals surface area contributed by atoms with E-state index in [1.165, 1.54) is 20.3 Å². The Bertz CT molecular complexity index is 894. The van der Waals surface area contributed by atoms with Crippen molar-refractivity contribution in [3.8, 4) is 11.5 Å². The highest BCUT2D eigenvalue weighted by Crippen LogP contribution is 2.31. The Morgan fingerprint density at radius 3 is 2.77 bits per heavy atom. The van der Waals surface area contributed by atoms with E-state index in [0.717, 1.165) is 0 Å². The predicted molar refractivity (Wildman–Crippen MR) is 111 cm³/mol. The third kappa shape index (κ3) is 5.18. The van der Waals surface area contributed by atoms with Crippen LogP contribution in [0.25, 0.3) is 0 Å². The highest BCUT2D eigenvalue weighted by atomic mass is 35.5. The zero-order valence-corrected chi connectivity index (χ0v) is 17.4. The SMILES string of the molecule is C=CC1COCC1Nc1ncc(OCc2cc(C(=O)NOC)cc(OC)c2Cl)cn1. The number of hydroxylamine groups is 1. The van der Waals surface area contributed by atoms with Gasteiger partial charge in [0.2, 0.25) is 5.95 Å². The molecule has 1 aliphatic heterocycles. The summed E-state index contributed by atoms with van der Waals surface area (Å²) in [5.41, 5.74) is 3.14. The molecule has 2 atom stereocenters. The van der Waals surface area contributed by atoms with Crippen LogP contribution in [0.3, 0.4) is 0 Å². The highest BCUT2D eigenvalue weighted by Gasteiger charge is 2.26. The number of ether oxygens (including phenoxy) is 3. The van der Waals surface area contributed by atoms with Crippen LogP contribution in [0.2, 0.25) is 5.02 Å². The van der Waals surface area contributed by atoms with Gasteiger partial charge in [-0.1, -0.05) is 17.7 Å². The number of amides is 1. The van der Waals surface area contributed by atoms with Gasteiger partial charge in [0, 0.05) is 17.0 Å². The number of anilines is 1. The van der Waals surface area contributed by atoms with Crippen molar-refractivity contribution < 1.29 is 23.8 Å². The molecule has 9 nitrogen and oxygen atoms in total. The first-order chi connectivity index (χ1) is 14.5. The standard InChI is InChI=1S/C20H23ClN4O5/c1-4-12-9-29-11-16(12)24-20-22-7-15(8-23-20)30-10-14-5-13(19(26)25-28-3)6-17(27-2)18(14)21/h4-8,12,16H,1,9-11H2,2-3H3,(H,25,26)(H,22,23,24). The van der Waals surface area contributed by atoms with Crippen molar-refractivity contribution in [3.63, 3.8) is 0 Å². The number of halogens is 1. The summed E-state index contributed by atoms with van der Waals surface area (Å²) in [6, 6.07) is 3.21. The van der Waals surface area contributed by atoms with Gasteiger partial charge in [0.15, 0.2) is 5.75 Å². The molecule has 2 aromatic rings. The Labute approximate surface area is 179 Å². The van der Waals surface area contributed by atoms with Crippen molar-refractivity contribution in [1.82, 2.24) is 15.4 Å². The number of carbonyl (C=O) groups excluding carboxylic acids is 1. The van der Waals surface area contributed by atoms with Gasteiger partial charge < -0.3 is 19.5 Å². The Hall–Kier alpha value is -2.88. The lowest BCUT2D eigenvalue weighted by Crippen LogP contribution is -2.27. The maximum atomic E-state index is 12.1. The van der Waals surface area contributed by atoms with E-state index in [9.17, 15) is 4.79 Å². The fourth-order valence-corrected chi connectivity index (χ4v) is 3.18. The minimum atomic E-state index is -0.429. The highest BCUT2D eigenvalue weighted by molar-refractivity contribution is 6.33. The molecule has 2 heterocycles. The third-order valence-corrected chi connectivity index (χ3v) is 4.98. The van der Waals surface area contributed by atoms with E-state index in [1.807, 2.05) is 6.08 Å². The van der Waals surface area contributed by atoms with Crippen molar-refractivity contribution in [3.05, 3.63) is 53.3 Å². The summed E-state index contributed by atoms with van der Waals surface area (Å²) in [4.78, 5) is 25.3. The smallest absolute Gasteiger partial charge is 0.274 e. The fraction of sp³-hybridized carbons (Fsp3) is 0.350. The second-order valence-electron chi connectivity index (χ2n) is 6.51. The summed E-state index contributed by atoms with van der Waals surface area (Å²) in [6.07, 6.45) is 4.97. The molecule has 2 unspecified atom stereocenters. The van der Waals surface area contributed by atoms with Gasteiger partial charge in [-0.05, 0) is 12.1 Å². The molecule has 30 heavy (non-hydrogen) atoms. The molecule has 1 aromatic heterocycles. The van der Waals surface area contributed by atoms with Crippen molar-refractivity contribution in [1.29, 1.82) is 0 Å². The summed E-state index contributed by atoms with van der Waals surface area (Å²) >= 11 is 6.35. The zero-order chi connectivity index (χ0) is 21.5. The molecule has 1 saturated heterocycles. The fourth-order valence-electron chi connectivity index (χ4n) is 2.94. The first-order valence-corrected chi connectivity index (χ1v) is 9.55.